The Kier molecular flexibility index (Phi) is 6.51. The molecular formula is C20H26BrN5O2. The normalized spacial score (nSPS) is 11.6. The number of nitrogens with one attached hydrogen (secondary N) is 1. The van der Waals surface area contributed by atoms with Gasteiger partial charge in [-0.15, -0.1) is 0 Å². The number of nitrogens with zero attached hydrogens (tertiary/aromatic N) is 4. The van der Waals surface area contributed by atoms with E-state index in [4.69, 9.17) is 0 Å². The highest BCUT2D eigenvalue weighted by molar-refractivity contribution is 9.10. The molecule has 0 spiro atoms. The highest BCUT2D eigenvalue weighted by Crippen LogP contribution is 2.29. The van der Waals surface area contributed by atoms with Crippen molar-refractivity contribution in [1.82, 2.24) is 24.4 Å². The van der Waals surface area contributed by atoms with Gasteiger partial charge in [0.05, 0.1) is 9.99 Å². The lowest BCUT2D eigenvalue weighted by Crippen LogP contribution is -2.36. The maximum absolute atomic E-state index is 13.0. The standard InChI is InChI=1S/C20H26BrN5O2/c1-4-24(5-2)12-8-11-22-17(27)13-25-20(28)19-18(21)15-9-6-7-10-16(15)26(19)14(3)23-25/h6-7,9-10H,4-5,8,11-13H2,1-3H3,(H,22,27). The minimum absolute atomic E-state index is 0.0879. The number of para-hydroxylation sites is 1. The number of aryl methyl sites for hydroxylation is 1. The molecular weight excluding hydrogens is 422 g/mol. The average Bonchev–Trinajstić information content (AvgIpc) is 3.00. The molecule has 3 aromatic rings. The molecule has 150 valence electrons. The second kappa shape index (κ2) is 8.87. The zero-order valence-electron chi connectivity index (χ0n) is 16.5. The molecule has 7 nitrogen and oxygen atoms in total. The lowest BCUT2D eigenvalue weighted by Gasteiger charge is -2.17. The van der Waals surface area contributed by atoms with E-state index >= 15 is 0 Å². The molecule has 0 aliphatic rings. The van der Waals surface area contributed by atoms with Gasteiger partial charge in [0.1, 0.15) is 17.9 Å². The number of benzene rings is 1. The molecule has 28 heavy (non-hydrogen) atoms. The van der Waals surface area contributed by atoms with Crippen LogP contribution in [0.2, 0.25) is 0 Å². The van der Waals surface area contributed by atoms with E-state index in [1.807, 2.05) is 35.6 Å². The minimum Gasteiger partial charge on any atom is -0.354 e. The van der Waals surface area contributed by atoms with Gasteiger partial charge in [0.15, 0.2) is 0 Å². The van der Waals surface area contributed by atoms with Gasteiger partial charge < -0.3 is 10.2 Å². The maximum atomic E-state index is 13.0. The number of amides is 1. The molecule has 0 atom stereocenters. The first-order chi connectivity index (χ1) is 13.5. The first kappa shape index (κ1) is 20.5. The summed E-state index contributed by atoms with van der Waals surface area (Å²) in [6, 6.07) is 7.77. The summed E-state index contributed by atoms with van der Waals surface area (Å²) in [5.41, 5.74) is 1.13. The molecule has 1 amide bonds. The Balaban J connectivity index is 1.78. The van der Waals surface area contributed by atoms with Crippen LogP contribution in [0.25, 0.3) is 16.4 Å². The van der Waals surface area contributed by atoms with E-state index in [9.17, 15) is 9.59 Å². The Morgan fingerprint density at radius 1 is 1.25 bits per heavy atom. The van der Waals surface area contributed by atoms with Crippen LogP contribution in [-0.2, 0) is 11.3 Å². The molecule has 0 saturated heterocycles. The van der Waals surface area contributed by atoms with Crippen molar-refractivity contribution in [1.29, 1.82) is 0 Å². The Morgan fingerprint density at radius 3 is 2.68 bits per heavy atom. The van der Waals surface area contributed by atoms with E-state index < -0.39 is 0 Å². The third-order valence-corrected chi connectivity index (χ3v) is 5.80. The quantitative estimate of drug-likeness (QED) is 0.538. The Hall–Kier alpha value is -2.19. The van der Waals surface area contributed by atoms with Crippen molar-refractivity contribution >= 4 is 38.3 Å². The molecule has 2 aromatic heterocycles. The first-order valence-corrected chi connectivity index (χ1v) is 10.4. The molecule has 0 aliphatic carbocycles. The number of halogens is 1. The zero-order valence-corrected chi connectivity index (χ0v) is 18.1. The van der Waals surface area contributed by atoms with Crippen LogP contribution < -0.4 is 10.9 Å². The molecule has 0 bridgehead atoms. The Morgan fingerprint density at radius 2 is 1.96 bits per heavy atom. The third kappa shape index (κ3) is 3.98. The summed E-state index contributed by atoms with van der Waals surface area (Å²) in [4.78, 5) is 27.6. The lowest BCUT2D eigenvalue weighted by atomic mass is 10.2. The van der Waals surface area contributed by atoms with Gasteiger partial charge in [0, 0.05) is 11.9 Å². The number of hydrogen-bond acceptors (Lipinski definition) is 4. The number of carbonyl (C=O) groups is 1. The first-order valence-electron chi connectivity index (χ1n) is 9.63. The highest BCUT2D eigenvalue weighted by atomic mass is 79.9. The summed E-state index contributed by atoms with van der Waals surface area (Å²) < 4.78 is 3.81. The predicted octanol–water partition coefficient (Wildman–Crippen LogP) is 2.57. The van der Waals surface area contributed by atoms with Crippen molar-refractivity contribution in [3.63, 3.8) is 0 Å². The predicted molar refractivity (Wildman–Crippen MR) is 115 cm³/mol. The van der Waals surface area contributed by atoms with E-state index in [1.165, 1.54) is 4.68 Å². The molecule has 0 radical (unpaired) electrons. The van der Waals surface area contributed by atoms with Gasteiger partial charge >= 0.3 is 0 Å². The van der Waals surface area contributed by atoms with Gasteiger partial charge in [-0.1, -0.05) is 32.0 Å². The second-order valence-corrected chi connectivity index (χ2v) is 7.55. The van der Waals surface area contributed by atoms with E-state index in [2.05, 4.69) is 45.1 Å². The zero-order chi connectivity index (χ0) is 20.3. The van der Waals surface area contributed by atoms with Gasteiger partial charge in [-0.3, -0.25) is 14.0 Å². The molecule has 0 unspecified atom stereocenters. The lowest BCUT2D eigenvalue weighted by molar-refractivity contribution is -0.121. The van der Waals surface area contributed by atoms with Crippen LogP contribution in [0.5, 0.6) is 0 Å². The van der Waals surface area contributed by atoms with Crippen LogP contribution in [0.3, 0.4) is 0 Å². The van der Waals surface area contributed by atoms with Crippen LogP contribution in [-0.4, -0.2) is 51.2 Å². The van der Waals surface area contributed by atoms with Crippen molar-refractivity contribution in [2.24, 2.45) is 0 Å². The molecule has 1 aromatic carbocycles. The van der Waals surface area contributed by atoms with Crippen LogP contribution in [0.4, 0.5) is 0 Å². The van der Waals surface area contributed by atoms with E-state index in [1.54, 1.807) is 0 Å². The smallest absolute Gasteiger partial charge is 0.292 e. The summed E-state index contributed by atoms with van der Waals surface area (Å²) >= 11 is 3.55. The fourth-order valence-corrected chi connectivity index (χ4v) is 4.16. The molecule has 0 aliphatic heterocycles. The van der Waals surface area contributed by atoms with Crippen molar-refractivity contribution in [2.45, 2.75) is 33.7 Å². The monoisotopic (exact) mass is 447 g/mol. The van der Waals surface area contributed by atoms with E-state index in [0.29, 0.717) is 17.9 Å². The number of fused-ring (bicyclic) bond motifs is 3. The summed E-state index contributed by atoms with van der Waals surface area (Å²) in [5, 5.41) is 8.20. The topological polar surface area (TPSA) is 71.6 Å². The summed E-state index contributed by atoms with van der Waals surface area (Å²) in [5.74, 6) is 0.455. The molecule has 2 heterocycles. The number of rotatable bonds is 8. The number of carbonyl (C=O) groups excluding carboxylic acids is 1. The van der Waals surface area contributed by atoms with Crippen molar-refractivity contribution < 1.29 is 4.79 Å². The maximum Gasteiger partial charge on any atom is 0.292 e. The molecule has 1 N–H and O–H groups in total. The van der Waals surface area contributed by atoms with Crippen LogP contribution in [0.15, 0.2) is 33.5 Å². The third-order valence-electron chi connectivity index (χ3n) is 5.00. The molecule has 0 saturated carbocycles. The van der Waals surface area contributed by atoms with Crippen molar-refractivity contribution in [3.8, 4) is 0 Å². The van der Waals surface area contributed by atoms with Crippen LogP contribution in [0.1, 0.15) is 26.1 Å². The van der Waals surface area contributed by atoms with E-state index in [0.717, 1.165) is 41.4 Å². The van der Waals surface area contributed by atoms with Crippen LogP contribution in [0, 0.1) is 6.92 Å². The largest absolute Gasteiger partial charge is 0.354 e. The van der Waals surface area contributed by atoms with Gasteiger partial charge in [-0.2, -0.15) is 5.10 Å². The van der Waals surface area contributed by atoms with Gasteiger partial charge in [0.2, 0.25) is 5.91 Å². The Labute approximate surface area is 172 Å². The van der Waals surface area contributed by atoms with Crippen molar-refractivity contribution in [2.75, 3.05) is 26.2 Å². The average molecular weight is 448 g/mol. The van der Waals surface area contributed by atoms with Crippen molar-refractivity contribution in [3.05, 3.63) is 44.9 Å². The van der Waals surface area contributed by atoms with Gasteiger partial charge in [-0.05, 0) is 55.0 Å². The van der Waals surface area contributed by atoms with Gasteiger partial charge in [0.25, 0.3) is 5.56 Å². The molecule has 0 fully saturated rings. The SMILES string of the molecule is CCN(CC)CCCNC(=O)Cn1nc(C)n2c(c(Br)c3ccccc32)c1=O. The molecule has 8 heteroatoms. The Bertz CT molecular complexity index is 1050. The second-order valence-electron chi connectivity index (χ2n) is 6.76. The number of hydrogen-bond donors (Lipinski definition) is 1. The summed E-state index contributed by atoms with van der Waals surface area (Å²) in [6.45, 7) is 9.54. The number of aromatic nitrogens is 3. The van der Waals surface area contributed by atoms with E-state index in [-0.39, 0.29) is 18.0 Å². The summed E-state index contributed by atoms with van der Waals surface area (Å²) in [7, 11) is 0. The molecule has 3 rings (SSSR count). The fraction of sp³-hybridized carbons (Fsp3) is 0.450. The highest BCUT2D eigenvalue weighted by Gasteiger charge is 2.18. The fourth-order valence-electron chi connectivity index (χ4n) is 3.48. The van der Waals surface area contributed by atoms with Crippen LogP contribution >= 0.6 is 15.9 Å². The van der Waals surface area contributed by atoms with Gasteiger partial charge in [-0.25, -0.2) is 4.68 Å². The minimum atomic E-state index is -0.285. The summed E-state index contributed by atoms with van der Waals surface area (Å²) in [6.07, 6.45) is 0.878.